The van der Waals surface area contributed by atoms with Crippen LogP contribution in [0.5, 0.6) is 0 Å². The number of rotatable bonds is 5. The fraction of sp³-hybridized carbons (Fsp3) is 0.600. The number of hydrogen-bond donors (Lipinski definition) is 1. The molecular formula is C15H22ClF3N2. The van der Waals surface area contributed by atoms with E-state index in [1.54, 1.807) is 19.2 Å². The van der Waals surface area contributed by atoms with Crippen molar-refractivity contribution >= 4 is 17.3 Å². The van der Waals surface area contributed by atoms with Crippen LogP contribution >= 0.6 is 11.6 Å². The molecule has 2 nitrogen and oxygen atoms in total. The number of benzene rings is 1. The molecule has 21 heavy (non-hydrogen) atoms. The van der Waals surface area contributed by atoms with Gasteiger partial charge in [0.25, 0.3) is 0 Å². The Kier molecular flexibility index (Phi) is 5.93. The van der Waals surface area contributed by atoms with Crippen LogP contribution in [0.3, 0.4) is 0 Å². The van der Waals surface area contributed by atoms with Gasteiger partial charge < -0.3 is 10.2 Å². The lowest BCUT2D eigenvalue weighted by molar-refractivity contribution is -0.132. The van der Waals surface area contributed by atoms with E-state index in [9.17, 15) is 13.2 Å². The molecule has 6 heteroatoms. The summed E-state index contributed by atoms with van der Waals surface area (Å²) in [5.74, 6) is 0. The molecule has 0 saturated carbocycles. The third-order valence-electron chi connectivity index (χ3n) is 2.98. The Morgan fingerprint density at radius 2 is 1.81 bits per heavy atom. The second kappa shape index (κ2) is 6.88. The molecule has 1 aromatic carbocycles. The van der Waals surface area contributed by atoms with E-state index in [0.29, 0.717) is 17.3 Å². The van der Waals surface area contributed by atoms with Gasteiger partial charge in [-0.1, -0.05) is 17.7 Å². The number of nitrogens with zero attached hydrogens (tertiary/aromatic N) is 1. The number of hydrogen-bond acceptors (Lipinski definition) is 2. The van der Waals surface area contributed by atoms with Crippen molar-refractivity contribution in [3.63, 3.8) is 0 Å². The molecule has 0 unspecified atom stereocenters. The molecule has 1 N–H and O–H groups in total. The second-order valence-corrected chi connectivity index (χ2v) is 6.58. The summed E-state index contributed by atoms with van der Waals surface area (Å²) in [5.41, 5.74) is 1.61. The number of nitrogens with one attached hydrogen (secondary N) is 1. The van der Waals surface area contributed by atoms with E-state index in [-0.39, 0.29) is 12.1 Å². The minimum atomic E-state index is -4.16. The van der Waals surface area contributed by atoms with Crippen molar-refractivity contribution in [2.24, 2.45) is 0 Å². The monoisotopic (exact) mass is 322 g/mol. The lowest BCUT2D eigenvalue weighted by Gasteiger charge is -2.23. The molecule has 0 aliphatic heterocycles. The highest BCUT2D eigenvalue weighted by molar-refractivity contribution is 6.33. The van der Waals surface area contributed by atoms with Crippen molar-refractivity contribution in [1.82, 2.24) is 5.32 Å². The molecule has 0 aromatic heterocycles. The molecule has 120 valence electrons. The Morgan fingerprint density at radius 3 is 2.29 bits per heavy atom. The van der Waals surface area contributed by atoms with Gasteiger partial charge in [-0.3, -0.25) is 0 Å². The molecule has 0 spiro atoms. The van der Waals surface area contributed by atoms with Gasteiger partial charge in [0.15, 0.2) is 0 Å². The van der Waals surface area contributed by atoms with Crippen molar-refractivity contribution in [3.8, 4) is 0 Å². The fourth-order valence-electron chi connectivity index (χ4n) is 1.75. The minimum absolute atomic E-state index is 0.00531. The molecule has 0 radical (unpaired) electrons. The summed E-state index contributed by atoms with van der Waals surface area (Å²) in [5, 5.41) is 3.80. The first-order valence-corrected chi connectivity index (χ1v) is 7.17. The van der Waals surface area contributed by atoms with Crippen molar-refractivity contribution in [3.05, 3.63) is 28.8 Å². The van der Waals surface area contributed by atoms with Crippen LogP contribution in [-0.4, -0.2) is 25.3 Å². The third-order valence-corrected chi connectivity index (χ3v) is 3.28. The van der Waals surface area contributed by atoms with Crippen molar-refractivity contribution in [2.45, 2.75) is 45.5 Å². The molecule has 0 fully saturated rings. The molecule has 0 atom stereocenters. The Morgan fingerprint density at radius 1 is 1.19 bits per heavy atom. The van der Waals surface area contributed by atoms with Crippen LogP contribution in [0, 0.1) is 0 Å². The number of anilines is 1. The predicted molar refractivity (Wildman–Crippen MR) is 82.0 cm³/mol. The van der Waals surface area contributed by atoms with Gasteiger partial charge in [0.2, 0.25) is 0 Å². The van der Waals surface area contributed by atoms with Gasteiger partial charge in [0, 0.05) is 25.7 Å². The molecular weight excluding hydrogens is 301 g/mol. The van der Waals surface area contributed by atoms with E-state index >= 15 is 0 Å². The smallest absolute Gasteiger partial charge is 0.373 e. The zero-order valence-electron chi connectivity index (χ0n) is 12.8. The molecule has 0 amide bonds. The standard InChI is InChI=1S/C15H22ClF3N2/c1-14(2,3)20-10-11-5-6-13(12(16)9-11)21(4)8-7-15(17,18)19/h5-6,9,20H,7-8,10H2,1-4H3. The molecule has 0 heterocycles. The van der Waals surface area contributed by atoms with Crippen LogP contribution in [0.25, 0.3) is 0 Å². The maximum absolute atomic E-state index is 12.2. The highest BCUT2D eigenvalue weighted by atomic mass is 35.5. The number of alkyl halides is 3. The second-order valence-electron chi connectivity index (χ2n) is 6.18. The lowest BCUT2D eigenvalue weighted by atomic mass is 10.1. The Labute approximate surface area is 129 Å². The summed E-state index contributed by atoms with van der Waals surface area (Å²) in [4.78, 5) is 1.52. The number of halogens is 4. The van der Waals surface area contributed by atoms with Crippen molar-refractivity contribution in [2.75, 3.05) is 18.5 Å². The van der Waals surface area contributed by atoms with Gasteiger partial charge >= 0.3 is 6.18 Å². The van der Waals surface area contributed by atoms with E-state index in [1.165, 1.54) is 4.90 Å². The highest BCUT2D eigenvalue weighted by Crippen LogP contribution is 2.28. The molecule has 0 aliphatic rings. The summed E-state index contributed by atoms with van der Waals surface area (Å²) in [6, 6.07) is 5.43. The van der Waals surface area contributed by atoms with E-state index < -0.39 is 12.6 Å². The summed E-state index contributed by atoms with van der Waals surface area (Å²) in [6.45, 7) is 6.74. The summed E-state index contributed by atoms with van der Waals surface area (Å²) >= 11 is 6.17. The maximum atomic E-state index is 12.2. The van der Waals surface area contributed by atoms with Crippen LogP contribution in [0.15, 0.2) is 18.2 Å². The van der Waals surface area contributed by atoms with Crippen molar-refractivity contribution < 1.29 is 13.2 Å². The third kappa shape index (κ3) is 7.05. The van der Waals surface area contributed by atoms with Crippen molar-refractivity contribution in [1.29, 1.82) is 0 Å². The first kappa shape index (κ1) is 18.1. The van der Waals surface area contributed by atoms with Crippen LogP contribution in [-0.2, 0) is 6.54 Å². The average Bonchev–Trinajstić information content (AvgIpc) is 2.32. The Balaban J connectivity index is 2.69. The summed E-state index contributed by atoms with van der Waals surface area (Å²) in [6.07, 6.45) is -5.01. The zero-order valence-corrected chi connectivity index (χ0v) is 13.6. The van der Waals surface area contributed by atoms with Gasteiger partial charge in [-0.25, -0.2) is 0 Å². The Hall–Kier alpha value is -0.940. The first-order chi connectivity index (χ1) is 9.48. The van der Waals surface area contributed by atoms with Gasteiger partial charge in [0.1, 0.15) is 0 Å². The van der Waals surface area contributed by atoms with E-state index in [1.807, 2.05) is 6.07 Å². The quantitative estimate of drug-likeness (QED) is 0.851. The van der Waals surface area contributed by atoms with Crippen LogP contribution < -0.4 is 10.2 Å². The van der Waals surface area contributed by atoms with E-state index in [0.717, 1.165) is 5.56 Å². The average molecular weight is 323 g/mol. The van der Waals surface area contributed by atoms with Crippen LogP contribution in [0.2, 0.25) is 5.02 Å². The van der Waals surface area contributed by atoms with Gasteiger partial charge in [-0.05, 0) is 38.5 Å². The molecule has 1 rings (SSSR count). The van der Waals surface area contributed by atoms with Gasteiger partial charge in [-0.15, -0.1) is 0 Å². The SMILES string of the molecule is CN(CCC(F)(F)F)c1ccc(CNC(C)(C)C)cc1Cl. The largest absolute Gasteiger partial charge is 0.390 e. The van der Waals surface area contributed by atoms with Crippen LogP contribution in [0.1, 0.15) is 32.8 Å². The lowest BCUT2D eigenvalue weighted by Crippen LogP contribution is -2.35. The molecule has 0 bridgehead atoms. The normalized spacial score (nSPS) is 12.6. The topological polar surface area (TPSA) is 15.3 Å². The highest BCUT2D eigenvalue weighted by Gasteiger charge is 2.27. The fourth-order valence-corrected chi connectivity index (χ4v) is 2.10. The zero-order chi connectivity index (χ0) is 16.3. The van der Waals surface area contributed by atoms with Crippen LogP contribution in [0.4, 0.5) is 18.9 Å². The first-order valence-electron chi connectivity index (χ1n) is 6.79. The van der Waals surface area contributed by atoms with Gasteiger partial charge in [-0.2, -0.15) is 13.2 Å². The predicted octanol–water partition coefficient (Wildman–Crippen LogP) is 4.62. The Bertz CT molecular complexity index is 467. The van der Waals surface area contributed by atoms with E-state index in [4.69, 9.17) is 11.6 Å². The van der Waals surface area contributed by atoms with E-state index in [2.05, 4.69) is 26.1 Å². The molecule has 1 aromatic rings. The maximum Gasteiger partial charge on any atom is 0.390 e. The summed E-state index contributed by atoms with van der Waals surface area (Å²) in [7, 11) is 1.61. The minimum Gasteiger partial charge on any atom is -0.373 e. The summed E-state index contributed by atoms with van der Waals surface area (Å²) < 4.78 is 36.7. The molecule has 0 saturated heterocycles. The molecule has 0 aliphatic carbocycles. The van der Waals surface area contributed by atoms with Gasteiger partial charge in [0.05, 0.1) is 17.1 Å².